The predicted octanol–water partition coefficient (Wildman–Crippen LogP) is 2.75. The van der Waals surface area contributed by atoms with E-state index >= 15 is 0 Å². The molecular formula is C18H24ClF3N2O2. The summed E-state index contributed by atoms with van der Waals surface area (Å²) in [5, 5.41) is 16.0. The molecule has 1 unspecified atom stereocenters. The predicted molar refractivity (Wildman–Crippen MR) is 93.9 cm³/mol. The van der Waals surface area contributed by atoms with Gasteiger partial charge in [-0.2, -0.15) is 13.2 Å². The number of hydrogen-bond acceptors (Lipinski definition) is 3. The summed E-state index contributed by atoms with van der Waals surface area (Å²) in [6.45, 7) is 0.322. The van der Waals surface area contributed by atoms with Gasteiger partial charge < -0.3 is 15.7 Å². The summed E-state index contributed by atoms with van der Waals surface area (Å²) in [7, 11) is 0. The monoisotopic (exact) mass is 392 g/mol. The van der Waals surface area contributed by atoms with E-state index in [-0.39, 0.29) is 29.8 Å². The van der Waals surface area contributed by atoms with Gasteiger partial charge in [-0.05, 0) is 30.9 Å². The van der Waals surface area contributed by atoms with E-state index in [4.69, 9.17) is 0 Å². The lowest BCUT2D eigenvalue weighted by atomic mass is 9.67. The van der Waals surface area contributed by atoms with Crippen molar-refractivity contribution in [1.29, 1.82) is 0 Å². The molecular weight excluding hydrogens is 369 g/mol. The molecule has 1 aliphatic carbocycles. The normalized spacial score (nSPS) is 27.8. The SMILES string of the molecule is Cl.O=C(NCC(O)(c1ccccc1)C(F)(F)F)[C@@]12CCCC[C@H]1CNC2. The van der Waals surface area contributed by atoms with Crippen LogP contribution in [-0.2, 0) is 10.4 Å². The third-order valence-electron chi connectivity index (χ3n) is 5.72. The Balaban J connectivity index is 0.00000243. The highest BCUT2D eigenvalue weighted by atomic mass is 35.5. The Morgan fingerprint density at radius 3 is 2.62 bits per heavy atom. The number of carbonyl (C=O) groups excluding carboxylic acids is 1. The molecule has 146 valence electrons. The Bertz CT molecular complexity index is 629. The Morgan fingerprint density at radius 1 is 1.27 bits per heavy atom. The molecule has 0 bridgehead atoms. The largest absolute Gasteiger partial charge is 0.423 e. The van der Waals surface area contributed by atoms with Gasteiger partial charge in [0, 0.05) is 6.54 Å². The first kappa shape index (κ1) is 21.0. The van der Waals surface area contributed by atoms with E-state index in [0.717, 1.165) is 25.8 Å². The maximum atomic E-state index is 13.5. The molecule has 0 aromatic heterocycles. The lowest BCUT2D eigenvalue weighted by Gasteiger charge is -2.38. The van der Waals surface area contributed by atoms with Gasteiger partial charge in [-0.1, -0.05) is 43.2 Å². The van der Waals surface area contributed by atoms with E-state index in [1.165, 1.54) is 24.3 Å². The van der Waals surface area contributed by atoms with Crippen molar-refractivity contribution < 1.29 is 23.1 Å². The Labute approximate surface area is 157 Å². The molecule has 1 aromatic rings. The minimum absolute atomic E-state index is 0. The van der Waals surface area contributed by atoms with Crippen LogP contribution in [0, 0.1) is 11.3 Å². The Morgan fingerprint density at radius 2 is 1.96 bits per heavy atom. The van der Waals surface area contributed by atoms with Gasteiger partial charge in [0.25, 0.3) is 0 Å². The summed E-state index contributed by atoms with van der Waals surface area (Å²) < 4.78 is 40.6. The van der Waals surface area contributed by atoms with Crippen LogP contribution in [0.25, 0.3) is 0 Å². The summed E-state index contributed by atoms with van der Waals surface area (Å²) in [5.41, 5.74) is -4.02. The van der Waals surface area contributed by atoms with Crippen LogP contribution in [0.1, 0.15) is 31.2 Å². The van der Waals surface area contributed by atoms with Crippen molar-refractivity contribution in [3.8, 4) is 0 Å². The number of carbonyl (C=O) groups is 1. The number of fused-ring (bicyclic) bond motifs is 1. The van der Waals surface area contributed by atoms with Crippen molar-refractivity contribution in [2.45, 2.75) is 37.5 Å². The minimum atomic E-state index is -4.89. The van der Waals surface area contributed by atoms with Gasteiger partial charge in [0.05, 0.1) is 12.0 Å². The van der Waals surface area contributed by atoms with E-state index < -0.39 is 23.7 Å². The second-order valence-electron chi connectivity index (χ2n) is 7.14. The van der Waals surface area contributed by atoms with Crippen LogP contribution in [-0.4, -0.2) is 36.8 Å². The van der Waals surface area contributed by atoms with Gasteiger partial charge in [-0.15, -0.1) is 12.4 Å². The fourth-order valence-corrected chi connectivity index (χ4v) is 4.15. The van der Waals surface area contributed by atoms with Gasteiger partial charge in [0.1, 0.15) is 0 Å². The third kappa shape index (κ3) is 3.57. The van der Waals surface area contributed by atoms with E-state index in [1.54, 1.807) is 6.07 Å². The van der Waals surface area contributed by atoms with Crippen LogP contribution in [0.3, 0.4) is 0 Å². The highest BCUT2D eigenvalue weighted by Gasteiger charge is 2.56. The van der Waals surface area contributed by atoms with E-state index in [9.17, 15) is 23.1 Å². The number of nitrogens with one attached hydrogen (secondary N) is 2. The molecule has 2 fully saturated rings. The number of aliphatic hydroxyl groups is 1. The molecule has 0 spiro atoms. The molecule has 1 heterocycles. The molecule has 1 saturated heterocycles. The summed E-state index contributed by atoms with van der Waals surface area (Å²) in [4.78, 5) is 12.8. The molecule has 0 radical (unpaired) electrons. The zero-order valence-electron chi connectivity index (χ0n) is 14.3. The first-order chi connectivity index (χ1) is 11.8. The van der Waals surface area contributed by atoms with Crippen molar-refractivity contribution in [2.24, 2.45) is 11.3 Å². The standard InChI is InChI=1S/C18H23F3N2O2.ClH/c19-18(20,21)17(25,13-6-2-1-3-7-13)12-23-15(24)16-9-5-4-8-14(16)10-22-11-16;/h1-3,6-7,14,22,25H,4-5,8-12H2,(H,23,24);1H/t14-,16+,17?;/m0./s1. The Kier molecular flexibility index (Phi) is 6.25. The van der Waals surface area contributed by atoms with Crippen molar-refractivity contribution >= 4 is 18.3 Å². The van der Waals surface area contributed by atoms with Gasteiger partial charge in [0.15, 0.2) is 0 Å². The van der Waals surface area contributed by atoms with Gasteiger partial charge >= 0.3 is 6.18 Å². The van der Waals surface area contributed by atoms with Gasteiger partial charge in [-0.3, -0.25) is 4.79 Å². The second kappa shape index (κ2) is 7.74. The first-order valence-corrected chi connectivity index (χ1v) is 8.63. The van der Waals surface area contributed by atoms with Gasteiger partial charge in [-0.25, -0.2) is 0 Å². The molecule has 1 saturated carbocycles. The second-order valence-corrected chi connectivity index (χ2v) is 7.14. The van der Waals surface area contributed by atoms with Crippen LogP contribution >= 0.6 is 12.4 Å². The van der Waals surface area contributed by atoms with Crippen LogP contribution in [0.2, 0.25) is 0 Å². The number of amides is 1. The topological polar surface area (TPSA) is 61.4 Å². The molecule has 3 rings (SSSR count). The summed E-state index contributed by atoms with van der Waals surface area (Å²) in [6.07, 6.45) is -1.38. The van der Waals surface area contributed by atoms with Crippen molar-refractivity contribution in [1.82, 2.24) is 10.6 Å². The number of benzene rings is 1. The summed E-state index contributed by atoms with van der Waals surface area (Å²) in [6, 6.07) is 6.89. The molecule has 3 N–H and O–H groups in total. The molecule has 3 atom stereocenters. The molecule has 2 aliphatic rings. The number of alkyl halides is 3. The van der Waals surface area contributed by atoms with Gasteiger partial charge in [0.2, 0.25) is 11.5 Å². The number of hydrogen-bond donors (Lipinski definition) is 3. The first-order valence-electron chi connectivity index (χ1n) is 8.63. The van der Waals surface area contributed by atoms with E-state index in [1.807, 2.05) is 0 Å². The molecule has 4 nitrogen and oxygen atoms in total. The minimum Gasteiger partial charge on any atom is -0.375 e. The fraction of sp³-hybridized carbons (Fsp3) is 0.611. The highest BCUT2D eigenvalue weighted by molar-refractivity contribution is 5.85. The van der Waals surface area contributed by atoms with Crippen LogP contribution in [0.5, 0.6) is 0 Å². The smallest absolute Gasteiger partial charge is 0.375 e. The zero-order valence-corrected chi connectivity index (χ0v) is 15.1. The molecule has 1 aromatic carbocycles. The molecule has 1 aliphatic heterocycles. The highest BCUT2D eigenvalue weighted by Crippen LogP contribution is 2.44. The Hall–Kier alpha value is -1.31. The van der Waals surface area contributed by atoms with E-state index in [2.05, 4.69) is 10.6 Å². The maximum absolute atomic E-state index is 13.5. The van der Waals surface area contributed by atoms with Crippen LogP contribution in [0.4, 0.5) is 13.2 Å². The fourth-order valence-electron chi connectivity index (χ4n) is 4.15. The van der Waals surface area contributed by atoms with Crippen LogP contribution in [0.15, 0.2) is 30.3 Å². The van der Waals surface area contributed by atoms with Crippen molar-refractivity contribution in [3.63, 3.8) is 0 Å². The summed E-state index contributed by atoms with van der Waals surface area (Å²) >= 11 is 0. The third-order valence-corrected chi connectivity index (χ3v) is 5.72. The molecule has 8 heteroatoms. The summed E-state index contributed by atoms with van der Waals surface area (Å²) in [5.74, 6) is -0.238. The lowest BCUT2D eigenvalue weighted by molar-refractivity contribution is -0.264. The number of rotatable bonds is 4. The number of halogens is 4. The quantitative estimate of drug-likeness (QED) is 0.738. The maximum Gasteiger partial charge on any atom is 0.423 e. The van der Waals surface area contributed by atoms with Crippen molar-refractivity contribution in [2.75, 3.05) is 19.6 Å². The average molecular weight is 393 g/mol. The molecule has 1 amide bonds. The van der Waals surface area contributed by atoms with Crippen molar-refractivity contribution in [3.05, 3.63) is 35.9 Å². The average Bonchev–Trinajstić information content (AvgIpc) is 3.04. The molecule has 26 heavy (non-hydrogen) atoms. The lowest BCUT2D eigenvalue weighted by Crippen LogP contribution is -2.55. The zero-order chi connectivity index (χ0) is 18.1. The van der Waals surface area contributed by atoms with E-state index in [0.29, 0.717) is 13.0 Å². The van der Waals surface area contributed by atoms with Crippen LogP contribution < -0.4 is 10.6 Å².